The molecule has 24 heavy (non-hydrogen) atoms. The molecule has 5 nitrogen and oxygen atoms in total. The third-order valence-corrected chi connectivity index (χ3v) is 6.92. The average Bonchev–Trinajstić information content (AvgIpc) is 2.95. The molecule has 1 aliphatic carbocycles. The van der Waals surface area contributed by atoms with Crippen LogP contribution in [0.1, 0.15) is 29.8 Å². The molecule has 0 unspecified atom stereocenters. The van der Waals surface area contributed by atoms with Crippen molar-refractivity contribution >= 4 is 43.8 Å². The molecular formula is C16H17ClN2O3S2. The highest BCUT2D eigenvalue weighted by Gasteiger charge is 2.19. The first-order chi connectivity index (χ1) is 11.4. The number of halogens is 1. The van der Waals surface area contributed by atoms with Crippen LogP contribution < -0.4 is 5.32 Å². The van der Waals surface area contributed by atoms with Crippen molar-refractivity contribution in [1.82, 2.24) is 4.98 Å². The molecule has 0 atom stereocenters. The molecular weight excluding hydrogens is 368 g/mol. The lowest BCUT2D eigenvalue weighted by Gasteiger charge is -2.06. The van der Waals surface area contributed by atoms with Crippen LogP contribution in [0.5, 0.6) is 0 Å². The molecule has 1 aromatic carbocycles. The summed E-state index contributed by atoms with van der Waals surface area (Å²) in [5, 5.41) is 3.75. The summed E-state index contributed by atoms with van der Waals surface area (Å²) in [6.45, 7) is 0. The number of amides is 1. The number of aromatic nitrogens is 1. The third kappa shape index (κ3) is 4.15. The smallest absolute Gasteiger partial charge is 0.227 e. The summed E-state index contributed by atoms with van der Waals surface area (Å²) in [6, 6.07) is 5.94. The Morgan fingerprint density at radius 3 is 2.62 bits per heavy atom. The molecule has 0 bridgehead atoms. The monoisotopic (exact) mass is 384 g/mol. The molecule has 2 aromatic rings. The van der Waals surface area contributed by atoms with Crippen LogP contribution in [0.4, 0.5) is 5.13 Å². The Bertz CT molecular complexity index is 821. The van der Waals surface area contributed by atoms with E-state index in [2.05, 4.69) is 10.3 Å². The van der Waals surface area contributed by atoms with Crippen LogP contribution in [0.3, 0.4) is 0 Å². The summed E-state index contributed by atoms with van der Waals surface area (Å²) in [5.41, 5.74) is 1.07. The van der Waals surface area contributed by atoms with E-state index >= 15 is 0 Å². The standard InChI is InChI=1S/C16H17ClN2O3S2/c17-11-5-7-12(8-6-11)24(21,22)10-9-15(20)19-16-18-13-3-1-2-4-14(13)23-16/h5-8H,1-4,9-10H2,(H,18,19,20). The van der Waals surface area contributed by atoms with Crippen LogP contribution in [0.25, 0.3) is 0 Å². The van der Waals surface area contributed by atoms with Crippen molar-refractivity contribution in [2.45, 2.75) is 37.0 Å². The fourth-order valence-electron chi connectivity index (χ4n) is 2.57. The van der Waals surface area contributed by atoms with E-state index < -0.39 is 9.84 Å². The molecule has 128 valence electrons. The number of aryl methyl sites for hydroxylation is 2. The number of fused-ring (bicyclic) bond motifs is 1. The lowest BCUT2D eigenvalue weighted by atomic mass is 10.0. The van der Waals surface area contributed by atoms with Crippen LogP contribution in [-0.2, 0) is 27.5 Å². The normalized spacial score (nSPS) is 14.2. The molecule has 0 spiro atoms. The number of nitrogens with zero attached hydrogens (tertiary/aromatic N) is 1. The summed E-state index contributed by atoms with van der Waals surface area (Å²) < 4.78 is 24.4. The molecule has 1 aromatic heterocycles. The van der Waals surface area contributed by atoms with Crippen molar-refractivity contribution in [3.63, 3.8) is 0 Å². The maximum atomic E-state index is 12.2. The van der Waals surface area contributed by atoms with E-state index in [4.69, 9.17) is 11.6 Å². The van der Waals surface area contributed by atoms with Gasteiger partial charge in [-0.15, -0.1) is 11.3 Å². The fraction of sp³-hybridized carbons (Fsp3) is 0.375. The minimum Gasteiger partial charge on any atom is -0.302 e. The third-order valence-electron chi connectivity index (χ3n) is 3.86. The van der Waals surface area contributed by atoms with Gasteiger partial charge >= 0.3 is 0 Å². The second kappa shape index (κ2) is 7.21. The van der Waals surface area contributed by atoms with Crippen LogP contribution in [0.2, 0.25) is 5.02 Å². The lowest BCUT2D eigenvalue weighted by molar-refractivity contribution is -0.115. The van der Waals surface area contributed by atoms with Gasteiger partial charge in [0.15, 0.2) is 15.0 Å². The quantitative estimate of drug-likeness (QED) is 0.856. The Hall–Kier alpha value is -1.44. The van der Waals surface area contributed by atoms with E-state index in [1.54, 1.807) is 0 Å². The zero-order chi connectivity index (χ0) is 17.2. The molecule has 0 saturated carbocycles. The summed E-state index contributed by atoms with van der Waals surface area (Å²) in [4.78, 5) is 17.9. The van der Waals surface area contributed by atoms with E-state index in [-0.39, 0.29) is 23.0 Å². The molecule has 0 radical (unpaired) electrons. The van der Waals surface area contributed by atoms with Gasteiger partial charge in [0, 0.05) is 16.3 Å². The van der Waals surface area contributed by atoms with Gasteiger partial charge in [-0.2, -0.15) is 0 Å². The number of hydrogen-bond acceptors (Lipinski definition) is 5. The Balaban J connectivity index is 1.59. The van der Waals surface area contributed by atoms with Crippen molar-refractivity contribution < 1.29 is 13.2 Å². The SMILES string of the molecule is O=C(CCS(=O)(=O)c1ccc(Cl)cc1)Nc1nc2c(s1)CCCC2. The number of carbonyl (C=O) groups is 1. The predicted molar refractivity (Wildman–Crippen MR) is 95.5 cm³/mol. The van der Waals surface area contributed by atoms with E-state index in [0.717, 1.165) is 31.4 Å². The van der Waals surface area contributed by atoms with Crippen molar-refractivity contribution in [2.24, 2.45) is 0 Å². The number of thiazole rings is 1. The maximum absolute atomic E-state index is 12.2. The van der Waals surface area contributed by atoms with Crippen LogP contribution >= 0.6 is 22.9 Å². The molecule has 1 aliphatic rings. The van der Waals surface area contributed by atoms with Crippen molar-refractivity contribution in [2.75, 3.05) is 11.1 Å². The van der Waals surface area contributed by atoms with Crippen LogP contribution in [-0.4, -0.2) is 25.1 Å². The van der Waals surface area contributed by atoms with E-state index in [9.17, 15) is 13.2 Å². The lowest BCUT2D eigenvalue weighted by Crippen LogP contribution is -2.17. The Kier molecular flexibility index (Phi) is 5.22. The summed E-state index contributed by atoms with van der Waals surface area (Å²) in [5.74, 6) is -0.579. The first-order valence-electron chi connectivity index (χ1n) is 7.71. The highest BCUT2D eigenvalue weighted by molar-refractivity contribution is 7.91. The zero-order valence-electron chi connectivity index (χ0n) is 12.9. The Morgan fingerprint density at radius 2 is 1.92 bits per heavy atom. The number of anilines is 1. The number of hydrogen-bond donors (Lipinski definition) is 1. The molecule has 1 amide bonds. The first kappa shape index (κ1) is 17.4. The van der Waals surface area contributed by atoms with Gasteiger partial charge in [-0.3, -0.25) is 4.79 Å². The number of rotatable bonds is 5. The molecule has 0 fully saturated rings. The molecule has 0 saturated heterocycles. The number of carbonyl (C=O) groups excluding carboxylic acids is 1. The van der Waals surface area contributed by atoms with Gasteiger partial charge in [-0.1, -0.05) is 11.6 Å². The van der Waals surface area contributed by atoms with Crippen LogP contribution in [0.15, 0.2) is 29.2 Å². The average molecular weight is 385 g/mol. The Morgan fingerprint density at radius 1 is 1.21 bits per heavy atom. The molecule has 1 heterocycles. The highest BCUT2D eigenvalue weighted by atomic mass is 35.5. The van der Waals surface area contributed by atoms with E-state index in [0.29, 0.717) is 10.2 Å². The van der Waals surface area contributed by atoms with E-state index in [1.807, 2.05) is 0 Å². The summed E-state index contributed by atoms with van der Waals surface area (Å²) >= 11 is 7.25. The highest BCUT2D eigenvalue weighted by Crippen LogP contribution is 2.29. The van der Waals surface area contributed by atoms with Crippen molar-refractivity contribution in [1.29, 1.82) is 0 Å². The first-order valence-corrected chi connectivity index (χ1v) is 10.6. The van der Waals surface area contributed by atoms with E-state index in [1.165, 1.54) is 40.5 Å². The van der Waals surface area contributed by atoms with Gasteiger partial charge in [0.2, 0.25) is 5.91 Å². The van der Waals surface area contributed by atoms with Crippen molar-refractivity contribution in [3.05, 3.63) is 39.9 Å². The van der Waals surface area contributed by atoms with Gasteiger partial charge in [0.1, 0.15) is 0 Å². The Labute approximate surface area is 150 Å². The minimum absolute atomic E-state index is 0.102. The zero-order valence-corrected chi connectivity index (χ0v) is 15.3. The largest absolute Gasteiger partial charge is 0.302 e. The van der Waals surface area contributed by atoms with Gasteiger partial charge < -0.3 is 5.32 Å². The molecule has 8 heteroatoms. The summed E-state index contributed by atoms with van der Waals surface area (Å²) in [6.07, 6.45) is 4.14. The molecule has 0 aliphatic heterocycles. The van der Waals surface area contributed by atoms with Gasteiger partial charge in [-0.25, -0.2) is 13.4 Å². The number of sulfone groups is 1. The number of benzene rings is 1. The second-order valence-corrected chi connectivity index (χ2v) is 9.30. The fourth-order valence-corrected chi connectivity index (χ4v) is 5.01. The summed E-state index contributed by atoms with van der Waals surface area (Å²) in [7, 11) is -3.50. The van der Waals surface area contributed by atoms with Gasteiger partial charge in [0.05, 0.1) is 16.3 Å². The molecule has 3 rings (SSSR count). The number of nitrogens with one attached hydrogen (secondary N) is 1. The predicted octanol–water partition coefficient (Wildman–Crippen LogP) is 3.48. The van der Waals surface area contributed by atoms with Crippen LogP contribution in [0, 0.1) is 0 Å². The topological polar surface area (TPSA) is 76.1 Å². The maximum Gasteiger partial charge on any atom is 0.227 e. The van der Waals surface area contributed by atoms with Gasteiger partial charge in [-0.05, 0) is 49.9 Å². The van der Waals surface area contributed by atoms with Gasteiger partial charge in [0.25, 0.3) is 0 Å². The molecule has 1 N–H and O–H groups in total. The van der Waals surface area contributed by atoms with Crippen molar-refractivity contribution in [3.8, 4) is 0 Å². The minimum atomic E-state index is -3.50. The second-order valence-electron chi connectivity index (χ2n) is 5.67.